The molecular formula is C22H35IN6O. The minimum atomic E-state index is 0. The molecule has 0 saturated carbocycles. The standard InChI is InChI=1S/C22H34N6O.HI/c1-5-6-7-10-16(2)24-22(23-15-21-27-26-17(3)28(21)4)25-19-13-14-29-20-12-9-8-11-18(19)20;/h8-9,11-12,16,19H,5-7,10,13-15H2,1-4H3,(H2,23,24,25);1H. The van der Waals surface area contributed by atoms with E-state index >= 15 is 0 Å². The van der Waals surface area contributed by atoms with Crippen molar-refractivity contribution in [1.29, 1.82) is 0 Å². The zero-order chi connectivity index (χ0) is 20.6. The first-order valence-electron chi connectivity index (χ1n) is 10.7. The van der Waals surface area contributed by atoms with Gasteiger partial charge in [-0.2, -0.15) is 0 Å². The molecule has 2 atom stereocenters. The number of rotatable bonds is 8. The molecule has 2 heterocycles. The van der Waals surface area contributed by atoms with Gasteiger partial charge in [-0.1, -0.05) is 44.4 Å². The minimum Gasteiger partial charge on any atom is -0.493 e. The number of guanidine groups is 1. The zero-order valence-electron chi connectivity index (χ0n) is 18.5. The van der Waals surface area contributed by atoms with Crippen molar-refractivity contribution >= 4 is 29.9 Å². The molecule has 2 unspecified atom stereocenters. The Morgan fingerprint density at radius 3 is 2.83 bits per heavy atom. The van der Waals surface area contributed by atoms with E-state index in [-0.39, 0.29) is 30.0 Å². The molecular weight excluding hydrogens is 491 g/mol. The molecule has 7 nitrogen and oxygen atoms in total. The third kappa shape index (κ3) is 6.58. The molecule has 1 aromatic carbocycles. The van der Waals surface area contributed by atoms with Crippen LogP contribution in [-0.2, 0) is 13.6 Å². The van der Waals surface area contributed by atoms with Gasteiger partial charge >= 0.3 is 0 Å². The van der Waals surface area contributed by atoms with Gasteiger partial charge in [0.1, 0.15) is 18.1 Å². The molecule has 2 N–H and O–H groups in total. The van der Waals surface area contributed by atoms with Crippen LogP contribution in [-0.4, -0.2) is 33.4 Å². The number of aromatic nitrogens is 3. The summed E-state index contributed by atoms with van der Waals surface area (Å²) in [5, 5.41) is 15.6. The molecule has 30 heavy (non-hydrogen) atoms. The molecule has 1 aromatic heterocycles. The SMILES string of the molecule is CCCCCC(C)NC(=NCc1nnc(C)n1C)NC1CCOc2ccccc21.I. The number of hydrogen-bond acceptors (Lipinski definition) is 4. The second kappa shape index (κ2) is 12.1. The Labute approximate surface area is 197 Å². The van der Waals surface area contributed by atoms with Crippen molar-refractivity contribution in [3.05, 3.63) is 41.5 Å². The fourth-order valence-corrected chi connectivity index (χ4v) is 3.53. The third-order valence-corrected chi connectivity index (χ3v) is 5.45. The molecule has 3 rings (SSSR count). The van der Waals surface area contributed by atoms with E-state index in [0.29, 0.717) is 19.2 Å². The Kier molecular flexibility index (Phi) is 9.87. The molecule has 166 valence electrons. The van der Waals surface area contributed by atoms with E-state index in [1.165, 1.54) is 24.8 Å². The highest BCUT2D eigenvalue weighted by Gasteiger charge is 2.22. The fraction of sp³-hybridized carbons (Fsp3) is 0.591. The van der Waals surface area contributed by atoms with Gasteiger partial charge in [0.15, 0.2) is 11.8 Å². The topological polar surface area (TPSA) is 76.4 Å². The van der Waals surface area contributed by atoms with E-state index in [0.717, 1.165) is 36.2 Å². The summed E-state index contributed by atoms with van der Waals surface area (Å²) in [5.41, 5.74) is 1.18. The summed E-state index contributed by atoms with van der Waals surface area (Å²) in [6.45, 7) is 7.59. The summed E-state index contributed by atoms with van der Waals surface area (Å²) in [5.74, 6) is 3.52. The number of unbranched alkanes of at least 4 members (excludes halogenated alkanes) is 2. The maximum absolute atomic E-state index is 5.81. The molecule has 2 aromatic rings. The van der Waals surface area contributed by atoms with E-state index in [1.54, 1.807) is 0 Å². The van der Waals surface area contributed by atoms with Gasteiger partial charge < -0.3 is 19.9 Å². The average Bonchev–Trinajstić information content (AvgIpc) is 3.04. The van der Waals surface area contributed by atoms with Crippen molar-refractivity contribution in [3.63, 3.8) is 0 Å². The van der Waals surface area contributed by atoms with Crippen molar-refractivity contribution in [2.24, 2.45) is 12.0 Å². The average molecular weight is 526 g/mol. The maximum Gasteiger partial charge on any atom is 0.192 e. The van der Waals surface area contributed by atoms with Crippen molar-refractivity contribution in [2.45, 2.75) is 71.5 Å². The van der Waals surface area contributed by atoms with Gasteiger partial charge in [0, 0.05) is 25.1 Å². The zero-order valence-corrected chi connectivity index (χ0v) is 20.8. The number of aliphatic imine (C=N–C) groups is 1. The first kappa shape index (κ1) is 24.4. The van der Waals surface area contributed by atoms with Gasteiger partial charge in [0.25, 0.3) is 0 Å². The molecule has 0 aliphatic carbocycles. The lowest BCUT2D eigenvalue weighted by Gasteiger charge is -2.29. The highest BCUT2D eigenvalue weighted by molar-refractivity contribution is 14.0. The third-order valence-electron chi connectivity index (χ3n) is 5.45. The molecule has 1 aliphatic rings. The lowest BCUT2D eigenvalue weighted by molar-refractivity contribution is 0.261. The minimum absolute atomic E-state index is 0. The molecule has 8 heteroatoms. The van der Waals surface area contributed by atoms with Gasteiger partial charge in [-0.25, -0.2) is 4.99 Å². The van der Waals surface area contributed by atoms with Crippen LogP contribution in [0.2, 0.25) is 0 Å². The number of nitrogens with zero attached hydrogens (tertiary/aromatic N) is 4. The predicted molar refractivity (Wildman–Crippen MR) is 131 cm³/mol. The molecule has 0 fully saturated rings. The first-order valence-corrected chi connectivity index (χ1v) is 10.7. The molecule has 0 bridgehead atoms. The number of aryl methyl sites for hydroxylation is 1. The maximum atomic E-state index is 5.81. The highest BCUT2D eigenvalue weighted by Crippen LogP contribution is 2.31. The monoisotopic (exact) mass is 526 g/mol. The predicted octanol–water partition coefficient (Wildman–Crippen LogP) is 4.27. The molecule has 1 aliphatic heterocycles. The van der Waals surface area contributed by atoms with Gasteiger partial charge in [-0.05, 0) is 26.3 Å². The number of halogens is 1. The second-order valence-electron chi connectivity index (χ2n) is 7.80. The summed E-state index contributed by atoms with van der Waals surface area (Å²) >= 11 is 0. The summed E-state index contributed by atoms with van der Waals surface area (Å²) in [6.07, 6.45) is 5.75. The van der Waals surface area contributed by atoms with Crippen LogP contribution in [0.4, 0.5) is 0 Å². The normalized spacial score (nSPS) is 16.8. The quantitative estimate of drug-likeness (QED) is 0.233. The lowest BCUT2D eigenvalue weighted by atomic mass is 10.0. The molecule has 0 saturated heterocycles. The van der Waals surface area contributed by atoms with Crippen molar-refractivity contribution in [1.82, 2.24) is 25.4 Å². The molecule has 0 amide bonds. The van der Waals surface area contributed by atoms with Crippen LogP contribution in [0.3, 0.4) is 0 Å². The van der Waals surface area contributed by atoms with Crippen LogP contribution in [0.25, 0.3) is 0 Å². The number of fused-ring (bicyclic) bond motifs is 1. The van der Waals surface area contributed by atoms with E-state index in [2.05, 4.69) is 46.8 Å². The summed E-state index contributed by atoms with van der Waals surface area (Å²) in [4.78, 5) is 4.83. The Morgan fingerprint density at radius 1 is 1.30 bits per heavy atom. The summed E-state index contributed by atoms with van der Waals surface area (Å²) in [7, 11) is 1.98. The first-order chi connectivity index (χ1) is 14.1. The number of hydrogen-bond donors (Lipinski definition) is 2. The summed E-state index contributed by atoms with van der Waals surface area (Å²) in [6, 6.07) is 8.76. The van der Waals surface area contributed by atoms with Crippen LogP contribution < -0.4 is 15.4 Å². The Bertz CT molecular complexity index is 822. The van der Waals surface area contributed by atoms with E-state index in [1.807, 2.05) is 30.7 Å². The van der Waals surface area contributed by atoms with Crippen LogP contribution in [0.15, 0.2) is 29.3 Å². The van der Waals surface area contributed by atoms with Crippen LogP contribution in [0, 0.1) is 6.92 Å². The van der Waals surface area contributed by atoms with Crippen LogP contribution >= 0.6 is 24.0 Å². The number of benzene rings is 1. The Balaban J connectivity index is 0.00000320. The van der Waals surface area contributed by atoms with E-state index in [4.69, 9.17) is 9.73 Å². The van der Waals surface area contributed by atoms with Gasteiger partial charge in [0.05, 0.1) is 12.6 Å². The van der Waals surface area contributed by atoms with E-state index < -0.39 is 0 Å². The van der Waals surface area contributed by atoms with Crippen molar-refractivity contribution < 1.29 is 4.74 Å². The van der Waals surface area contributed by atoms with Gasteiger partial charge in [-0.15, -0.1) is 34.2 Å². The second-order valence-corrected chi connectivity index (χ2v) is 7.80. The van der Waals surface area contributed by atoms with E-state index in [9.17, 15) is 0 Å². The highest BCUT2D eigenvalue weighted by atomic mass is 127. The van der Waals surface area contributed by atoms with Crippen LogP contribution in [0.5, 0.6) is 5.75 Å². The molecule has 0 radical (unpaired) electrons. The van der Waals surface area contributed by atoms with Crippen LogP contribution in [0.1, 0.15) is 69.2 Å². The number of ether oxygens (including phenoxy) is 1. The fourth-order valence-electron chi connectivity index (χ4n) is 3.53. The van der Waals surface area contributed by atoms with Gasteiger partial charge in [-0.3, -0.25) is 0 Å². The van der Waals surface area contributed by atoms with Crippen molar-refractivity contribution in [3.8, 4) is 5.75 Å². The summed E-state index contributed by atoms with van der Waals surface area (Å²) < 4.78 is 7.79. The lowest BCUT2D eigenvalue weighted by Crippen LogP contribution is -2.44. The largest absolute Gasteiger partial charge is 0.493 e. The number of nitrogens with one attached hydrogen (secondary N) is 2. The Morgan fingerprint density at radius 2 is 2.10 bits per heavy atom. The molecule has 0 spiro atoms. The number of para-hydroxylation sites is 1. The van der Waals surface area contributed by atoms with Crippen molar-refractivity contribution in [2.75, 3.05) is 6.61 Å². The van der Waals surface area contributed by atoms with Gasteiger partial charge in [0.2, 0.25) is 0 Å². The Hall–Kier alpha value is -1.84. The smallest absolute Gasteiger partial charge is 0.192 e.